The Morgan fingerprint density at radius 1 is 1.30 bits per heavy atom. The van der Waals surface area contributed by atoms with Gasteiger partial charge in [-0.05, 0) is 38.9 Å². The number of nitrogens with zero attached hydrogens (tertiary/aromatic N) is 1. The van der Waals surface area contributed by atoms with Gasteiger partial charge in [-0.15, -0.1) is 0 Å². The number of hydrogen-bond acceptors (Lipinski definition) is 4. The van der Waals surface area contributed by atoms with Crippen molar-refractivity contribution >= 4 is 0 Å². The third-order valence-corrected chi connectivity index (χ3v) is 4.01. The molecule has 0 aromatic heterocycles. The van der Waals surface area contributed by atoms with Gasteiger partial charge in [0.15, 0.2) is 11.5 Å². The van der Waals surface area contributed by atoms with E-state index in [2.05, 4.69) is 18.7 Å². The molecule has 1 aliphatic heterocycles. The van der Waals surface area contributed by atoms with E-state index in [0.29, 0.717) is 30.1 Å². The number of hydrogen-bond donors (Lipinski definition) is 1. The van der Waals surface area contributed by atoms with Gasteiger partial charge < -0.3 is 19.5 Å². The van der Waals surface area contributed by atoms with Crippen LogP contribution in [0.2, 0.25) is 0 Å². The molecule has 1 fully saturated rings. The molecule has 0 radical (unpaired) electrons. The molecule has 0 bridgehead atoms. The molecule has 4 nitrogen and oxygen atoms in total. The molecule has 4 heteroatoms. The maximum atomic E-state index is 10.3. The van der Waals surface area contributed by atoms with E-state index < -0.39 is 6.10 Å². The number of benzene rings is 1. The third-order valence-electron chi connectivity index (χ3n) is 4.01. The molecular formula is C16H25NO3. The molecule has 2 unspecified atom stereocenters. The summed E-state index contributed by atoms with van der Waals surface area (Å²) in [6.07, 6.45) is 0.609. The molecular weight excluding hydrogens is 254 g/mol. The topological polar surface area (TPSA) is 41.9 Å². The lowest BCUT2D eigenvalue weighted by Crippen LogP contribution is -2.33. The van der Waals surface area contributed by atoms with Crippen LogP contribution in [0.25, 0.3) is 0 Å². The molecule has 1 aromatic carbocycles. The summed E-state index contributed by atoms with van der Waals surface area (Å²) in [6, 6.07) is 8.07. The first kappa shape index (κ1) is 15.1. The molecule has 2 rings (SSSR count). The lowest BCUT2D eigenvalue weighted by molar-refractivity contribution is 0.0573. The lowest BCUT2D eigenvalue weighted by Gasteiger charge is -2.22. The van der Waals surface area contributed by atoms with Crippen molar-refractivity contribution < 1.29 is 14.6 Å². The molecule has 0 amide bonds. The van der Waals surface area contributed by atoms with Crippen LogP contribution in [-0.4, -0.2) is 49.0 Å². The van der Waals surface area contributed by atoms with Crippen molar-refractivity contribution in [2.75, 3.05) is 26.8 Å². The fraction of sp³-hybridized carbons (Fsp3) is 0.625. The minimum atomic E-state index is -0.427. The Bertz CT molecular complexity index is 422. The summed E-state index contributed by atoms with van der Waals surface area (Å²) >= 11 is 0. The highest BCUT2D eigenvalue weighted by Crippen LogP contribution is 2.27. The number of aliphatic hydroxyl groups excluding tert-OH is 1. The van der Waals surface area contributed by atoms with Crippen LogP contribution in [-0.2, 0) is 0 Å². The van der Waals surface area contributed by atoms with E-state index in [9.17, 15) is 5.11 Å². The van der Waals surface area contributed by atoms with Crippen molar-refractivity contribution in [3.05, 3.63) is 24.3 Å². The molecule has 1 aromatic rings. The summed E-state index contributed by atoms with van der Waals surface area (Å²) in [5.41, 5.74) is 0. The predicted molar refractivity (Wildman–Crippen MR) is 79.3 cm³/mol. The smallest absolute Gasteiger partial charge is 0.161 e. The van der Waals surface area contributed by atoms with Crippen molar-refractivity contribution in [3.63, 3.8) is 0 Å². The van der Waals surface area contributed by atoms with Gasteiger partial charge in [-0.1, -0.05) is 12.1 Å². The van der Waals surface area contributed by atoms with Gasteiger partial charge in [0, 0.05) is 18.5 Å². The van der Waals surface area contributed by atoms with E-state index in [1.165, 1.54) is 0 Å². The molecule has 20 heavy (non-hydrogen) atoms. The molecule has 2 atom stereocenters. The molecule has 0 saturated carbocycles. The number of para-hydroxylation sites is 2. The molecule has 1 saturated heterocycles. The van der Waals surface area contributed by atoms with E-state index in [0.717, 1.165) is 19.5 Å². The van der Waals surface area contributed by atoms with Gasteiger partial charge in [0.25, 0.3) is 0 Å². The van der Waals surface area contributed by atoms with E-state index in [1.54, 1.807) is 7.11 Å². The predicted octanol–water partition coefficient (Wildman–Crippen LogP) is 2.17. The summed E-state index contributed by atoms with van der Waals surface area (Å²) in [5, 5.41) is 10.3. The van der Waals surface area contributed by atoms with Crippen LogP contribution in [0.5, 0.6) is 11.5 Å². The second-order valence-corrected chi connectivity index (χ2v) is 5.67. The van der Waals surface area contributed by atoms with Gasteiger partial charge in [-0.3, -0.25) is 0 Å². The Kier molecular flexibility index (Phi) is 5.26. The Hall–Kier alpha value is -1.26. The highest BCUT2D eigenvalue weighted by atomic mass is 16.5. The average Bonchev–Trinajstić information content (AvgIpc) is 2.95. The first-order valence-corrected chi connectivity index (χ1v) is 7.29. The van der Waals surface area contributed by atoms with Crippen molar-refractivity contribution in [2.24, 2.45) is 5.92 Å². The van der Waals surface area contributed by atoms with Gasteiger partial charge in [-0.25, -0.2) is 0 Å². The van der Waals surface area contributed by atoms with Crippen LogP contribution in [0.3, 0.4) is 0 Å². The van der Waals surface area contributed by atoms with E-state index in [4.69, 9.17) is 9.47 Å². The van der Waals surface area contributed by atoms with E-state index in [1.807, 2.05) is 24.3 Å². The summed E-state index contributed by atoms with van der Waals surface area (Å²) in [6.45, 7) is 6.72. The van der Waals surface area contributed by atoms with Gasteiger partial charge >= 0.3 is 0 Å². The third kappa shape index (κ3) is 3.64. The molecule has 0 aliphatic carbocycles. The fourth-order valence-electron chi connectivity index (χ4n) is 2.65. The minimum absolute atomic E-state index is 0.298. The van der Waals surface area contributed by atoms with Crippen LogP contribution in [0.15, 0.2) is 24.3 Å². The molecule has 112 valence electrons. The van der Waals surface area contributed by atoms with Crippen LogP contribution < -0.4 is 9.47 Å². The Labute approximate surface area is 121 Å². The molecule has 1 heterocycles. The van der Waals surface area contributed by atoms with Crippen molar-refractivity contribution in [2.45, 2.75) is 32.4 Å². The largest absolute Gasteiger partial charge is 0.493 e. The maximum absolute atomic E-state index is 10.3. The summed E-state index contributed by atoms with van der Waals surface area (Å²) in [5.74, 6) is 1.69. The van der Waals surface area contributed by atoms with Gasteiger partial charge in [0.1, 0.15) is 6.61 Å². The molecule has 0 spiro atoms. The van der Waals surface area contributed by atoms with Crippen molar-refractivity contribution in [3.8, 4) is 11.5 Å². The molecule has 1 aliphatic rings. The normalized spacial score (nSPS) is 21.1. The zero-order valence-corrected chi connectivity index (χ0v) is 12.6. The Balaban J connectivity index is 1.85. The first-order valence-electron chi connectivity index (χ1n) is 7.29. The van der Waals surface area contributed by atoms with Crippen LogP contribution >= 0.6 is 0 Å². The summed E-state index contributed by atoms with van der Waals surface area (Å²) < 4.78 is 10.9. The standard InChI is InChI=1S/C16H25NO3/c1-12(2)17-9-8-13(10-17)14(18)11-20-16-7-5-4-6-15(16)19-3/h4-7,12-14,18H,8-11H2,1-3H3. The second kappa shape index (κ2) is 6.95. The molecule has 1 N–H and O–H groups in total. The lowest BCUT2D eigenvalue weighted by atomic mass is 10.0. The highest BCUT2D eigenvalue weighted by molar-refractivity contribution is 5.39. The fourth-order valence-corrected chi connectivity index (χ4v) is 2.65. The number of ether oxygens (including phenoxy) is 2. The number of rotatable bonds is 6. The maximum Gasteiger partial charge on any atom is 0.161 e. The minimum Gasteiger partial charge on any atom is -0.493 e. The van der Waals surface area contributed by atoms with Gasteiger partial charge in [0.2, 0.25) is 0 Å². The van der Waals surface area contributed by atoms with Crippen LogP contribution in [0, 0.1) is 5.92 Å². The first-order chi connectivity index (χ1) is 9.61. The summed E-state index contributed by atoms with van der Waals surface area (Å²) in [7, 11) is 1.62. The SMILES string of the molecule is COc1ccccc1OCC(O)C1CCN(C(C)C)C1. The highest BCUT2D eigenvalue weighted by Gasteiger charge is 2.29. The zero-order chi connectivity index (χ0) is 14.5. The van der Waals surface area contributed by atoms with E-state index in [-0.39, 0.29) is 0 Å². The van der Waals surface area contributed by atoms with E-state index >= 15 is 0 Å². The zero-order valence-electron chi connectivity index (χ0n) is 12.6. The van der Waals surface area contributed by atoms with Crippen molar-refractivity contribution in [1.29, 1.82) is 0 Å². The number of aliphatic hydroxyl groups is 1. The van der Waals surface area contributed by atoms with Crippen LogP contribution in [0.4, 0.5) is 0 Å². The number of methoxy groups -OCH3 is 1. The Morgan fingerprint density at radius 2 is 2.00 bits per heavy atom. The second-order valence-electron chi connectivity index (χ2n) is 5.67. The quantitative estimate of drug-likeness (QED) is 0.866. The summed E-state index contributed by atoms with van der Waals surface area (Å²) in [4.78, 5) is 2.40. The van der Waals surface area contributed by atoms with Crippen LogP contribution in [0.1, 0.15) is 20.3 Å². The van der Waals surface area contributed by atoms with Gasteiger partial charge in [-0.2, -0.15) is 0 Å². The Morgan fingerprint density at radius 3 is 2.60 bits per heavy atom. The average molecular weight is 279 g/mol. The number of likely N-dealkylation sites (tertiary alicyclic amines) is 1. The van der Waals surface area contributed by atoms with Crippen molar-refractivity contribution in [1.82, 2.24) is 4.90 Å². The monoisotopic (exact) mass is 279 g/mol. The van der Waals surface area contributed by atoms with Gasteiger partial charge in [0.05, 0.1) is 13.2 Å².